The molecule has 3 heterocycles. The highest BCUT2D eigenvalue weighted by Gasteiger charge is 2.21. The van der Waals surface area contributed by atoms with Gasteiger partial charge < -0.3 is 4.90 Å². The van der Waals surface area contributed by atoms with Crippen LogP contribution in [-0.2, 0) is 0 Å². The second kappa shape index (κ2) is 6.12. The highest BCUT2D eigenvalue weighted by atomic mass is 15.3. The molecule has 2 aromatic heterocycles. The lowest BCUT2D eigenvalue weighted by Crippen LogP contribution is -2.21. The predicted octanol–water partition coefficient (Wildman–Crippen LogP) is 3.20. The van der Waals surface area contributed by atoms with E-state index < -0.39 is 0 Å². The Kier molecular flexibility index (Phi) is 3.68. The molecule has 1 saturated heterocycles. The Bertz CT molecular complexity index is 783. The summed E-state index contributed by atoms with van der Waals surface area (Å²) in [5, 5.41) is 8.84. The molecular formula is C18H17N5. The number of benzene rings is 1. The molecule has 3 aromatic rings. The van der Waals surface area contributed by atoms with E-state index in [1.165, 1.54) is 12.8 Å². The van der Waals surface area contributed by atoms with Crippen molar-refractivity contribution < 1.29 is 0 Å². The lowest BCUT2D eigenvalue weighted by Gasteiger charge is -2.19. The number of hydrogen-bond acceptors (Lipinski definition) is 5. The Labute approximate surface area is 135 Å². The summed E-state index contributed by atoms with van der Waals surface area (Å²) in [4.78, 5) is 11.2. The number of rotatable bonds is 3. The minimum absolute atomic E-state index is 0.647. The van der Waals surface area contributed by atoms with Crippen LogP contribution in [0.3, 0.4) is 0 Å². The number of hydrogen-bond donors (Lipinski definition) is 0. The second-order valence-electron chi connectivity index (χ2n) is 5.60. The predicted molar refractivity (Wildman–Crippen MR) is 89.9 cm³/mol. The van der Waals surface area contributed by atoms with E-state index in [2.05, 4.69) is 32.2 Å². The van der Waals surface area contributed by atoms with Gasteiger partial charge in [0.05, 0.1) is 0 Å². The number of aromatic nitrogens is 4. The Hall–Kier alpha value is -2.82. The van der Waals surface area contributed by atoms with Gasteiger partial charge in [-0.15, -0.1) is 10.2 Å². The van der Waals surface area contributed by atoms with Gasteiger partial charge in [-0.05, 0) is 25.0 Å². The van der Waals surface area contributed by atoms with Gasteiger partial charge in [-0.2, -0.15) is 0 Å². The normalized spacial score (nSPS) is 14.2. The molecule has 114 valence electrons. The van der Waals surface area contributed by atoms with Crippen LogP contribution in [0.2, 0.25) is 0 Å². The van der Waals surface area contributed by atoms with Crippen LogP contribution in [0.4, 0.5) is 5.82 Å². The van der Waals surface area contributed by atoms with Crippen LogP contribution in [0.5, 0.6) is 0 Å². The lowest BCUT2D eigenvalue weighted by atomic mass is 10.1. The molecule has 0 aliphatic carbocycles. The standard InChI is InChI=1S/C18H17N5/c1-2-6-14(7-3-1)16-18(23-12-4-5-13-23)20-17(22-21-16)15-8-10-19-11-9-15/h1-3,6-11H,4-5,12-13H2. The van der Waals surface area contributed by atoms with Crippen molar-refractivity contribution in [3.8, 4) is 22.6 Å². The van der Waals surface area contributed by atoms with Crippen LogP contribution in [0.15, 0.2) is 54.9 Å². The Balaban J connectivity index is 1.83. The summed E-state index contributed by atoms with van der Waals surface area (Å²) in [7, 11) is 0. The number of pyridine rings is 1. The first-order valence-corrected chi connectivity index (χ1v) is 7.87. The maximum atomic E-state index is 4.83. The zero-order chi connectivity index (χ0) is 15.5. The summed E-state index contributed by atoms with van der Waals surface area (Å²) in [6, 6.07) is 14.0. The second-order valence-corrected chi connectivity index (χ2v) is 5.60. The van der Waals surface area contributed by atoms with Gasteiger partial charge in [0.1, 0.15) is 5.69 Å². The quantitative estimate of drug-likeness (QED) is 0.743. The maximum absolute atomic E-state index is 4.83. The largest absolute Gasteiger partial charge is 0.355 e. The first-order valence-electron chi connectivity index (χ1n) is 7.87. The van der Waals surface area contributed by atoms with E-state index >= 15 is 0 Å². The first kappa shape index (κ1) is 13.8. The van der Waals surface area contributed by atoms with E-state index in [0.29, 0.717) is 5.82 Å². The summed E-state index contributed by atoms with van der Waals surface area (Å²) in [5.41, 5.74) is 2.84. The van der Waals surface area contributed by atoms with E-state index in [1.54, 1.807) is 12.4 Å². The zero-order valence-electron chi connectivity index (χ0n) is 12.8. The molecule has 0 atom stereocenters. The van der Waals surface area contributed by atoms with Crippen molar-refractivity contribution in [3.63, 3.8) is 0 Å². The third-order valence-electron chi connectivity index (χ3n) is 4.06. The molecule has 0 saturated carbocycles. The van der Waals surface area contributed by atoms with Gasteiger partial charge in [0.25, 0.3) is 0 Å². The van der Waals surface area contributed by atoms with Crippen molar-refractivity contribution in [2.45, 2.75) is 12.8 Å². The molecule has 5 heteroatoms. The summed E-state index contributed by atoms with van der Waals surface area (Å²) in [6.07, 6.45) is 5.89. The summed E-state index contributed by atoms with van der Waals surface area (Å²) in [6.45, 7) is 2.04. The average Bonchev–Trinajstić information content (AvgIpc) is 3.17. The molecule has 1 aliphatic rings. The van der Waals surface area contributed by atoms with Gasteiger partial charge in [-0.1, -0.05) is 30.3 Å². The molecule has 0 spiro atoms. The highest BCUT2D eigenvalue weighted by molar-refractivity contribution is 5.73. The van der Waals surface area contributed by atoms with Crippen LogP contribution < -0.4 is 4.90 Å². The molecule has 23 heavy (non-hydrogen) atoms. The minimum atomic E-state index is 0.647. The smallest absolute Gasteiger partial charge is 0.183 e. The molecule has 0 unspecified atom stereocenters. The van der Waals surface area contributed by atoms with Crippen molar-refractivity contribution in [1.82, 2.24) is 20.2 Å². The fraction of sp³-hybridized carbons (Fsp3) is 0.222. The van der Waals surface area contributed by atoms with Gasteiger partial charge in [0, 0.05) is 36.6 Å². The number of nitrogens with zero attached hydrogens (tertiary/aromatic N) is 5. The van der Waals surface area contributed by atoms with Crippen molar-refractivity contribution in [1.29, 1.82) is 0 Å². The molecule has 1 aromatic carbocycles. The minimum Gasteiger partial charge on any atom is -0.355 e. The molecule has 0 amide bonds. The van der Waals surface area contributed by atoms with E-state index in [-0.39, 0.29) is 0 Å². The van der Waals surface area contributed by atoms with Crippen LogP contribution >= 0.6 is 0 Å². The van der Waals surface area contributed by atoms with Crippen LogP contribution in [0.1, 0.15) is 12.8 Å². The molecule has 1 fully saturated rings. The Morgan fingerprint density at radius 2 is 1.52 bits per heavy atom. The van der Waals surface area contributed by atoms with Crippen LogP contribution in [0, 0.1) is 0 Å². The molecule has 4 rings (SSSR count). The van der Waals surface area contributed by atoms with Crippen LogP contribution in [0.25, 0.3) is 22.6 Å². The summed E-state index contributed by atoms with van der Waals surface area (Å²) < 4.78 is 0. The third kappa shape index (κ3) is 2.77. The SMILES string of the molecule is c1ccc(-c2nnc(-c3ccncc3)nc2N2CCCC2)cc1. The Morgan fingerprint density at radius 1 is 0.783 bits per heavy atom. The van der Waals surface area contributed by atoms with E-state index in [9.17, 15) is 0 Å². The third-order valence-corrected chi connectivity index (χ3v) is 4.06. The van der Waals surface area contributed by atoms with E-state index in [0.717, 1.165) is 35.7 Å². The van der Waals surface area contributed by atoms with Gasteiger partial charge in [0.2, 0.25) is 0 Å². The highest BCUT2D eigenvalue weighted by Crippen LogP contribution is 2.30. The van der Waals surface area contributed by atoms with Gasteiger partial charge in [-0.3, -0.25) is 4.98 Å². The fourth-order valence-corrected chi connectivity index (χ4v) is 2.87. The van der Waals surface area contributed by atoms with Gasteiger partial charge in [0.15, 0.2) is 11.6 Å². The number of anilines is 1. The fourth-order valence-electron chi connectivity index (χ4n) is 2.87. The van der Waals surface area contributed by atoms with Crippen LogP contribution in [-0.4, -0.2) is 33.3 Å². The van der Waals surface area contributed by atoms with Crippen molar-refractivity contribution in [3.05, 3.63) is 54.9 Å². The summed E-state index contributed by atoms with van der Waals surface area (Å²) >= 11 is 0. The van der Waals surface area contributed by atoms with E-state index in [1.807, 2.05) is 30.3 Å². The molecule has 0 N–H and O–H groups in total. The summed E-state index contributed by atoms with van der Waals surface area (Å²) in [5.74, 6) is 1.57. The monoisotopic (exact) mass is 303 g/mol. The topological polar surface area (TPSA) is 54.8 Å². The molecule has 1 aliphatic heterocycles. The Morgan fingerprint density at radius 3 is 2.26 bits per heavy atom. The van der Waals surface area contributed by atoms with Crippen molar-refractivity contribution in [2.75, 3.05) is 18.0 Å². The van der Waals surface area contributed by atoms with Gasteiger partial charge >= 0.3 is 0 Å². The molecule has 0 bridgehead atoms. The molecule has 5 nitrogen and oxygen atoms in total. The molecule has 0 radical (unpaired) electrons. The van der Waals surface area contributed by atoms with E-state index in [4.69, 9.17) is 4.98 Å². The van der Waals surface area contributed by atoms with Gasteiger partial charge in [-0.25, -0.2) is 4.98 Å². The first-order chi connectivity index (χ1) is 11.4. The zero-order valence-corrected chi connectivity index (χ0v) is 12.8. The molecular weight excluding hydrogens is 286 g/mol. The lowest BCUT2D eigenvalue weighted by molar-refractivity contribution is 0.896. The maximum Gasteiger partial charge on any atom is 0.183 e. The average molecular weight is 303 g/mol. The van der Waals surface area contributed by atoms with Crippen molar-refractivity contribution in [2.24, 2.45) is 0 Å². The van der Waals surface area contributed by atoms with Crippen molar-refractivity contribution >= 4 is 5.82 Å².